The van der Waals surface area contributed by atoms with Crippen LogP contribution < -0.4 is 16.4 Å². The van der Waals surface area contributed by atoms with Gasteiger partial charge in [-0.05, 0) is 5.92 Å². The Kier molecular flexibility index (Phi) is 7.83. The summed E-state index contributed by atoms with van der Waals surface area (Å²) in [6.45, 7) is 5.19. The maximum absolute atomic E-state index is 5.23. The van der Waals surface area contributed by atoms with E-state index in [4.69, 9.17) is 10.5 Å². The number of hydrogen-bond donors (Lipinski definition) is 3. The summed E-state index contributed by atoms with van der Waals surface area (Å²) in [5.74, 6) is 0.555. The van der Waals surface area contributed by atoms with E-state index in [0.717, 1.165) is 19.8 Å². The SMILES string of the molecule is COCC(C)CNCNCN. The highest BCUT2D eigenvalue weighted by Crippen LogP contribution is 1.90. The first-order valence-corrected chi connectivity index (χ1v) is 3.91. The molecule has 0 aliphatic heterocycles. The summed E-state index contributed by atoms with van der Waals surface area (Å²) in [5.41, 5.74) is 5.23. The first-order chi connectivity index (χ1) is 5.31. The molecule has 0 aromatic carbocycles. The van der Waals surface area contributed by atoms with Crippen molar-refractivity contribution in [2.45, 2.75) is 6.92 Å². The molecule has 0 radical (unpaired) electrons. The van der Waals surface area contributed by atoms with Crippen molar-refractivity contribution in [1.29, 1.82) is 0 Å². The molecule has 4 nitrogen and oxygen atoms in total. The first-order valence-electron chi connectivity index (χ1n) is 3.91. The zero-order valence-corrected chi connectivity index (χ0v) is 7.39. The van der Waals surface area contributed by atoms with E-state index in [2.05, 4.69) is 17.6 Å². The molecule has 0 aromatic rings. The van der Waals surface area contributed by atoms with Crippen LogP contribution in [0.4, 0.5) is 0 Å². The first kappa shape index (κ1) is 10.8. The Morgan fingerprint density at radius 2 is 2.18 bits per heavy atom. The molecule has 0 saturated heterocycles. The van der Waals surface area contributed by atoms with Crippen LogP contribution >= 0.6 is 0 Å². The number of nitrogens with one attached hydrogen (secondary N) is 2. The second-order valence-corrected chi connectivity index (χ2v) is 2.65. The molecule has 68 valence electrons. The van der Waals surface area contributed by atoms with Gasteiger partial charge in [0, 0.05) is 33.6 Å². The number of ether oxygens (including phenoxy) is 1. The number of methoxy groups -OCH3 is 1. The van der Waals surface area contributed by atoms with E-state index in [1.807, 2.05) is 0 Å². The van der Waals surface area contributed by atoms with Gasteiger partial charge in [0.15, 0.2) is 0 Å². The highest BCUT2D eigenvalue weighted by molar-refractivity contribution is 4.53. The molecular weight excluding hydrogens is 142 g/mol. The fourth-order valence-corrected chi connectivity index (χ4v) is 0.823. The molecule has 1 atom stereocenters. The van der Waals surface area contributed by atoms with Gasteiger partial charge in [0.25, 0.3) is 0 Å². The number of hydrogen-bond acceptors (Lipinski definition) is 4. The lowest BCUT2D eigenvalue weighted by Crippen LogP contribution is -2.35. The van der Waals surface area contributed by atoms with Crippen molar-refractivity contribution in [3.05, 3.63) is 0 Å². The monoisotopic (exact) mass is 161 g/mol. The van der Waals surface area contributed by atoms with Crippen molar-refractivity contribution >= 4 is 0 Å². The van der Waals surface area contributed by atoms with Crippen molar-refractivity contribution in [2.24, 2.45) is 11.7 Å². The molecule has 1 unspecified atom stereocenters. The van der Waals surface area contributed by atoms with Gasteiger partial charge in [0.2, 0.25) is 0 Å². The van der Waals surface area contributed by atoms with Gasteiger partial charge in [0.1, 0.15) is 0 Å². The third-order valence-electron chi connectivity index (χ3n) is 1.34. The largest absolute Gasteiger partial charge is 0.384 e. The van der Waals surface area contributed by atoms with Gasteiger partial charge in [-0.3, -0.25) is 5.32 Å². The summed E-state index contributed by atoms with van der Waals surface area (Å²) in [7, 11) is 1.72. The molecule has 4 heteroatoms. The van der Waals surface area contributed by atoms with Crippen LogP contribution in [0.1, 0.15) is 6.92 Å². The van der Waals surface area contributed by atoms with Crippen molar-refractivity contribution in [2.75, 3.05) is 33.6 Å². The van der Waals surface area contributed by atoms with Crippen LogP contribution in [0.3, 0.4) is 0 Å². The topological polar surface area (TPSA) is 59.3 Å². The van der Waals surface area contributed by atoms with Crippen molar-refractivity contribution in [3.8, 4) is 0 Å². The summed E-state index contributed by atoms with van der Waals surface area (Å²) in [4.78, 5) is 0. The lowest BCUT2D eigenvalue weighted by molar-refractivity contribution is 0.158. The van der Waals surface area contributed by atoms with Gasteiger partial charge in [-0.25, -0.2) is 0 Å². The van der Waals surface area contributed by atoms with Crippen LogP contribution in [0.5, 0.6) is 0 Å². The van der Waals surface area contributed by atoms with Crippen molar-refractivity contribution in [3.63, 3.8) is 0 Å². The molecule has 11 heavy (non-hydrogen) atoms. The quantitative estimate of drug-likeness (QED) is 0.342. The van der Waals surface area contributed by atoms with E-state index in [1.165, 1.54) is 0 Å². The average molecular weight is 161 g/mol. The fourth-order valence-electron chi connectivity index (χ4n) is 0.823. The molecule has 4 N–H and O–H groups in total. The Bertz CT molecular complexity index is 80.1. The molecule has 0 fully saturated rings. The zero-order valence-electron chi connectivity index (χ0n) is 7.39. The summed E-state index contributed by atoms with van der Waals surface area (Å²) in [6, 6.07) is 0. The Labute approximate surface area is 68.5 Å². The molecule has 0 bridgehead atoms. The number of rotatable bonds is 7. The van der Waals surface area contributed by atoms with Gasteiger partial charge >= 0.3 is 0 Å². The molecular formula is C7H19N3O. The third kappa shape index (κ3) is 7.74. The van der Waals surface area contributed by atoms with E-state index >= 15 is 0 Å². The zero-order chi connectivity index (χ0) is 8.53. The maximum Gasteiger partial charge on any atom is 0.0499 e. The summed E-state index contributed by atoms with van der Waals surface area (Å²) in [5, 5.41) is 6.17. The second-order valence-electron chi connectivity index (χ2n) is 2.65. The molecule has 0 aromatic heterocycles. The fraction of sp³-hybridized carbons (Fsp3) is 1.00. The molecule has 0 heterocycles. The van der Waals surface area contributed by atoms with Gasteiger partial charge in [-0.15, -0.1) is 0 Å². The van der Waals surface area contributed by atoms with E-state index in [-0.39, 0.29) is 0 Å². The molecule has 0 aliphatic carbocycles. The molecule has 0 aliphatic rings. The minimum Gasteiger partial charge on any atom is -0.384 e. The minimum absolute atomic E-state index is 0.520. The highest BCUT2D eigenvalue weighted by atomic mass is 16.5. The van der Waals surface area contributed by atoms with Gasteiger partial charge in [-0.2, -0.15) is 0 Å². The number of nitrogens with two attached hydrogens (primary N) is 1. The average Bonchev–Trinajstić information content (AvgIpc) is 1.99. The Morgan fingerprint density at radius 1 is 1.45 bits per heavy atom. The van der Waals surface area contributed by atoms with Crippen LogP contribution in [0.2, 0.25) is 0 Å². The summed E-state index contributed by atoms with van der Waals surface area (Å²) in [6.07, 6.45) is 0. The molecule has 0 amide bonds. The minimum atomic E-state index is 0.520. The van der Waals surface area contributed by atoms with Crippen LogP contribution in [0.25, 0.3) is 0 Å². The highest BCUT2D eigenvalue weighted by Gasteiger charge is 1.98. The van der Waals surface area contributed by atoms with Gasteiger partial charge < -0.3 is 15.8 Å². The normalized spacial score (nSPS) is 13.4. The van der Waals surface area contributed by atoms with E-state index < -0.39 is 0 Å². The Balaban J connectivity index is 2.97. The van der Waals surface area contributed by atoms with Gasteiger partial charge in [-0.1, -0.05) is 6.92 Å². The maximum atomic E-state index is 5.23. The van der Waals surface area contributed by atoms with Crippen molar-refractivity contribution in [1.82, 2.24) is 10.6 Å². The smallest absolute Gasteiger partial charge is 0.0499 e. The van der Waals surface area contributed by atoms with Gasteiger partial charge in [0.05, 0.1) is 0 Å². The molecule has 0 rings (SSSR count). The van der Waals surface area contributed by atoms with Crippen molar-refractivity contribution < 1.29 is 4.74 Å². The summed E-state index contributed by atoms with van der Waals surface area (Å²) < 4.78 is 4.98. The predicted octanol–water partition coefficient (Wildman–Crippen LogP) is -0.678. The Morgan fingerprint density at radius 3 is 2.73 bits per heavy atom. The lowest BCUT2D eigenvalue weighted by atomic mass is 10.2. The van der Waals surface area contributed by atoms with Crippen LogP contribution in [0, 0.1) is 5.92 Å². The van der Waals surface area contributed by atoms with E-state index in [0.29, 0.717) is 12.6 Å². The summed E-state index contributed by atoms with van der Waals surface area (Å²) >= 11 is 0. The van der Waals surface area contributed by atoms with Crippen LogP contribution in [0.15, 0.2) is 0 Å². The van der Waals surface area contributed by atoms with Crippen LogP contribution in [-0.2, 0) is 4.74 Å². The lowest BCUT2D eigenvalue weighted by Gasteiger charge is -2.11. The second kappa shape index (κ2) is 7.94. The molecule has 0 spiro atoms. The predicted molar refractivity (Wildman–Crippen MR) is 46.1 cm³/mol. The third-order valence-corrected chi connectivity index (χ3v) is 1.34. The molecule has 0 saturated carbocycles. The van der Waals surface area contributed by atoms with E-state index in [1.54, 1.807) is 7.11 Å². The van der Waals surface area contributed by atoms with E-state index in [9.17, 15) is 0 Å². The van der Waals surface area contributed by atoms with Crippen LogP contribution in [-0.4, -0.2) is 33.6 Å². The standard InChI is InChI=1S/C7H19N3O/c1-7(4-11-2)3-9-6-10-5-8/h7,9-10H,3-6,8H2,1-2H3. The Hall–Kier alpha value is -0.160.